The monoisotopic (exact) mass is 262 g/mol. The van der Waals surface area contributed by atoms with E-state index in [2.05, 4.69) is 5.32 Å². The fourth-order valence-corrected chi connectivity index (χ4v) is 4.82. The summed E-state index contributed by atoms with van der Waals surface area (Å²) in [7, 11) is -1.30. The van der Waals surface area contributed by atoms with Gasteiger partial charge in [-0.15, -0.1) is 0 Å². The van der Waals surface area contributed by atoms with Crippen molar-refractivity contribution in [1.29, 1.82) is 0 Å². The van der Waals surface area contributed by atoms with Gasteiger partial charge in [0.1, 0.15) is 0 Å². The third-order valence-corrected chi connectivity index (χ3v) is 5.98. The fraction of sp³-hybridized carbons (Fsp3) is 1.00. The smallest absolute Gasteiger partial charge is 0.219 e. The third-order valence-electron chi connectivity index (χ3n) is 3.63. The van der Waals surface area contributed by atoms with E-state index in [4.69, 9.17) is 4.74 Å². The molecule has 2 heterocycles. The Kier molecular flexibility index (Phi) is 4.41. The Morgan fingerprint density at radius 1 is 1.35 bits per heavy atom. The topological polar surface area (TPSA) is 58.6 Å². The van der Waals surface area contributed by atoms with Gasteiger partial charge in [-0.2, -0.15) is 4.31 Å². The van der Waals surface area contributed by atoms with Gasteiger partial charge in [0, 0.05) is 25.7 Å². The fourth-order valence-electron chi connectivity index (χ4n) is 2.72. The summed E-state index contributed by atoms with van der Waals surface area (Å²) in [6.07, 6.45) is 3.53. The molecule has 0 amide bonds. The first-order valence-corrected chi connectivity index (χ1v) is 7.89. The molecule has 0 aromatic carbocycles. The molecule has 0 radical (unpaired) electrons. The molecule has 100 valence electrons. The lowest BCUT2D eigenvalue weighted by Crippen LogP contribution is -2.47. The van der Waals surface area contributed by atoms with Crippen LogP contribution in [0.2, 0.25) is 0 Å². The quantitative estimate of drug-likeness (QED) is 0.785. The molecule has 5 nitrogen and oxygen atoms in total. The number of nitrogens with zero attached hydrogens (tertiary/aromatic N) is 1. The molecule has 0 bridgehead atoms. The summed E-state index contributed by atoms with van der Waals surface area (Å²) >= 11 is 0. The van der Waals surface area contributed by atoms with Crippen LogP contribution in [0.3, 0.4) is 0 Å². The maximum atomic E-state index is 12.5. The highest BCUT2D eigenvalue weighted by molar-refractivity contribution is 7.89. The summed E-state index contributed by atoms with van der Waals surface area (Å²) in [5.74, 6) is 0. The Hall–Kier alpha value is -0.170. The molecule has 2 aliphatic rings. The van der Waals surface area contributed by atoms with Crippen LogP contribution < -0.4 is 5.32 Å². The minimum atomic E-state index is -3.16. The van der Waals surface area contributed by atoms with Crippen molar-refractivity contribution in [3.63, 3.8) is 0 Å². The Morgan fingerprint density at radius 2 is 2.18 bits per heavy atom. The van der Waals surface area contributed by atoms with Gasteiger partial charge < -0.3 is 10.1 Å². The Bertz CT molecular complexity index is 339. The van der Waals surface area contributed by atoms with E-state index >= 15 is 0 Å². The van der Waals surface area contributed by atoms with Crippen LogP contribution >= 0.6 is 0 Å². The van der Waals surface area contributed by atoms with Gasteiger partial charge in [0.2, 0.25) is 10.0 Å². The van der Waals surface area contributed by atoms with Crippen LogP contribution in [-0.2, 0) is 14.8 Å². The standard InChI is InChI=1S/C11H22N2O3S/c1-12-8-10-4-2-6-13(10)17(14,15)11-5-3-7-16-9-11/h10-12H,2-9H2,1H3. The molecular formula is C11H22N2O3S. The molecule has 17 heavy (non-hydrogen) atoms. The first-order chi connectivity index (χ1) is 8.16. The Labute approximate surface area is 104 Å². The van der Waals surface area contributed by atoms with Crippen LogP contribution in [0.4, 0.5) is 0 Å². The van der Waals surface area contributed by atoms with E-state index in [1.54, 1.807) is 4.31 Å². The third kappa shape index (κ3) is 2.81. The molecule has 2 atom stereocenters. The molecule has 2 rings (SSSR count). The predicted molar refractivity (Wildman–Crippen MR) is 66.4 cm³/mol. The second-order valence-electron chi connectivity index (χ2n) is 4.85. The van der Waals surface area contributed by atoms with E-state index in [1.165, 1.54) is 0 Å². The van der Waals surface area contributed by atoms with E-state index in [9.17, 15) is 8.42 Å². The van der Waals surface area contributed by atoms with Crippen LogP contribution in [0.5, 0.6) is 0 Å². The van der Waals surface area contributed by atoms with Crippen molar-refractivity contribution >= 4 is 10.0 Å². The van der Waals surface area contributed by atoms with Gasteiger partial charge in [0.15, 0.2) is 0 Å². The average Bonchev–Trinajstić information content (AvgIpc) is 2.80. The predicted octanol–water partition coefficient (Wildman–Crippen LogP) is 0.179. The molecule has 0 saturated carbocycles. The van der Waals surface area contributed by atoms with E-state index in [1.807, 2.05) is 7.05 Å². The minimum Gasteiger partial charge on any atom is -0.380 e. The maximum Gasteiger partial charge on any atom is 0.219 e. The number of hydrogen-bond donors (Lipinski definition) is 1. The van der Waals surface area contributed by atoms with E-state index in [-0.39, 0.29) is 11.3 Å². The van der Waals surface area contributed by atoms with Gasteiger partial charge in [0.05, 0.1) is 11.9 Å². The lowest BCUT2D eigenvalue weighted by Gasteiger charge is -2.30. The van der Waals surface area contributed by atoms with Crippen LogP contribution in [0.15, 0.2) is 0 Å². The van der Waals surface area contributed by atoms with Gasteiger partial charge in [-0.25, -0.2) is 8.42 Å². The second-order valence-corrected chi connectivity index (χ2v) is 7.01. The first-order valence-electron chi connectivity index (χ1n) is 6.39. The molecule has 0 aliphatic carbocycles. The van der Waals surface area contributed by atoms with Crippen molar-refractivity contribution in [2.24, 2.45) is 0 Å². The van der Waals surface area contributed by atoms with Gasteiger partial charge in [-0.1, -0.05) is 0 Å². The van der Waals surface area contributed by atoms with Crippen LogP contribution in [0.25, 0.3) is 0 Å². The number of likely N-dealkylation sites (N-methyl/N-ethyl adjacent to an activating group) is 1. The minimum absolute atomic E-state index is 0.131. The average molecular weight is 262 g/mol. The molecular weight excluding hydrogens is 240 g/mol. The Morgan fingerprint density at radius 3 is 2.82 bits per heavy atom. The summed E-state index contributed by atoms with van der Waals surface area (Å²) in [5, 5.41) is 2.75. The van der Waals surface area contributed by atoms with E-state index < -0.39 is 10.0 Å². The highest BCUT2D eigenvalue weighted by Gasteiger charge is 2.39. The van der Waals surface area contributed by atoms with Crippen LogP contribution in [0.1, 0.15) is 25.7 Å². The summed E-state index contributed by atoms with van der Waals surface area (Å²) in [4.78, 5) is 0. The summed E-state index contributed by atoms with van der Waals surface area (Å²) in [6, 6.07) is 0.131. The highest BCUT2D eigenvalue weighted by atomic mass is 32.2. The largest absolute Gasteiger partial charge is 0.380 e. The molecule has 0 aromatic rings. The molecule has 2 unspecified atom stereocenters. The molecule has 0 aromatic heterocycles. The molecule has 1 N–H and O–H groups in total. The summed E-state index contributed by atoms with van der Waals surface area (Å²) < 4.78 is 32.0. The molecule has 2 aliphatic heterocycles. The zero-order valence-electron chi connectivity index (χ0n) is 10.4. The Balaban J connectivity index is 2.07. The molecule has 2 fully saturated rings. The van der Waals surface area contributed by atoms with E-state index in [0.29, 0.717) is 19.8 Å². The van der Waals surface area contributed by atoms with Gasteiger partial charge >= 0.3 is 0 Å². The molecule has 6 heteroatoms. The van der Waals surface area contributed by atoms with Crippen molar-refractivity contribution < 1.29 is 13.2 Å². The van der Waals surface area contributed by atoms with Crippen molar-refractivity contribution in [2.75, 3.05) is 33.4 Å². The highest BCUT2D eigenvalue weighted by Crippen LogP contribution is 2.26. The van der Waals surface area contributed by atoms with Crippen molar-refractivity contribution in [1.82, 2.24) is 9.62 Å². The number of sulfonamides is 1. The molecule has 2 saturated heterocycles. The number of ether oxygens (including phenoxy) is 1. The van der Waals surface area contributed by atoms with Gasteiger partial charge in [0.25, 0.3) is 0 Å². The zero-order valence-corrected chi connectivity index (χ0v) is 11.2. The lowest BCUT2D eigenvalue weighted by molar-refractivity contribution is 0.0973. The molecule has 0 spiro atoms. The normalized spacial score (nSPS) is 31.8. The number of rotatable bonds is 4. The first kappa shape index (κ1) is 13.3. The summed E-state index contributed by atoms with van der Waals surface area (Å²) in [6.45, 7) is 2.48. The summed E-state index contributed by atoms with van der Waals surface area (Å²) in [5.41, 5.74) is 0. The SMILES string of the molecule is CNCC1CCCN1S(=O)(=O)C1CCCOC1. The number of hydrogen-bond acceptors (Lipinski definition) is 4. The van der Waals surface area contributed by atoms with Gasteiger partial charge in [-0.05, 0) is 32.7 Å². The van der Waals surface area contributed by atoms with Crippen molar-refractivity contribution in [3.8, 4) is 0 Å². The maximum absolute atomic E-state index is 12.5. The van der Waals surface area contributed by atoms with Crippen LogP contribution in [-0.4, -0.2) is 57.4 Å². The second kappa shape index (κ2) is 5.65. The van der Waals surface area contributed by atoms with Crippen molar-refractivity contribution in [2.45, 2.75) is 37.0 Å². The van der Waals surface area contributed by atoms with Gasteiger partial charge in [-0.3, -0.25) is 0 Å². The lowest BCUT2D eigenvalue weighted by atomic mass is 10.2. The number of nitrogens with one attached hydrogen (secondary N) is 1. The van der Waals surface area contributed by atoms with Crippen LogP contribution in [0, 0.1) is 0 Å². The van der Waals surface area contributed by atoms with E-state index in [0.717, 1.165) is 32.2 Å². The van der Waals surface area contributed by atoms with Crippen molar-refractivity contribution in [3.05, 3.63) is 0 Å². The zero-order chi connectivity index (χ0) is 12.3.